The summed E-state index contributed by atoms with van der Waals surface area (Å²) in [6.07, 6.45) is 1.55. The Hall–Kier alpha value is -2.09. The molecular formula is C16H13NO. The van der Waals surface area contributed by atoms with E-state index in [0.717, 1.165) is 12.0 Å². The van der Waals surface area contributed by atoms with Crippen LogP contribution in [0.4, 0.5) is 0 Å². The molecule has 1 aliphatic carbocycles. The maximum atomic E-state index is 11.8. The van der Waals surface area contributed by atoms with E-state index in [0.29, 0.717) is 12.2 Å². The summed E-state index contributed by atoms with van der Waals surface area (Å²) in [5, 5.41) is 2.54. The van der Waals surface area contributed by atoms with E-state index in [2.05, 4.69) is 41.9 Å². The van der Waals surface area contributed by atoms with Crippen molar-refractivity contribution in [2.45, 2.75) is 12.8 Å². The number of hydrogen-bond donors (Lipinski definition) is 0. The predicted molar refractivity (Wildman–Crippen MR) is 73.1 cm³/mol. The third kappa shape index (κ3) is 1.05. The molecule has 0 saturated carbocycles. The number of fused-ring (bicyclic) bond motifs is 5. The number of carbonyl (C=O) groups is 1. The number of hydrogen-bond acceptors (Lipinski definition) is 1. The standard InChI is InChI=1S/C16H13NO/c1-17-13-5-3-2-4-12(13)16-11-7-9-15(18)10(11)6-8-14(16)17/h2-6,8H,7,9H2,1H3. The zero-order chi connectivity index (χ0) is 12.3. The number of benzene rings is 2. The molecule has 0 N–H and O–H groups in total. The Morgan fingerprint density at radius 3 is 2.72 bits per heavy atom. The zero-order valence-electron chi connectivity index (χ0n) is 10.2. The first-order chi connectivity index (χ1) is 8.77. The van der Waals surface area contributed by atoms with E-state index in [-0.39, 0.29) is 0 Å². The van der Waals surface area contributed by atoms with E-state index < -0.39 is 0 Å². The van der Waals surface area contributed by atoms with Crippen LogP contribution in [0.5, 0.6) is 0 Å². The smallest absolute Gasteiger partial charge is 0.163 e. The van der Waals surface area contributed by atoms with Crippen LogP contribution in [-0.4, -0.2) is 10.4 Å². The number of aryl methyl sites for hydroxylation is 2. The Kier molecular flexibility index (Phi) is 1.77. The first kappa shape index (κ1) is 9.89. The minimum absolute atomic E-state index is 0.292. The highest BCUT2D eigenvalue weighted by Gasteiger charge is 2.23. The monoisotopic (exact) mass is 235 g/mol. The van der Waals surface area contributed by atoms with Crippen molar-refractivity contribution in [3.63, 3.8) is 0 Å². The second-order valence-corrected chi connectivity index (χ2v) is 4.99. The molecule has 1 aromatic heterocycles. The summed E-state index contributed by atoms with van der Waals surface area (Å²) in [7, 11) is 2.09. The molecule has 2 nitrogen and oxygen atoms in total. The van der Waals surface area contributed by atoms with Gasteiger partial charge in [-0.05, 0) is 30.2 Å². The third-order valence-electron chi connectivity index (χ3n) is 4.09. The van der Waals surface area contributed by atoms with Gasteiger partial charge < -0.3 is 4.57 Å². The molecule has 88 valence electrons. The molecule has 2 aromatic carbocycles. The van der Waals surface area contributed by atoms with Gasteiger partial charge in [-0.1, -0.05) is 18.2 Å². The molecule has 0 unspecified atom stereocenters. The first-order valence-electron chi connectivity index (χ1n) is 6.29. The Balaban J connectivity index is 2.30. The molecule has 1 heterocycles. The lowest BCUT2D eigenvalue weighted by atomic mass is 10.0. The summed E-state index contributed by atoms with van der Waals surface area (Å²) in [4.78, 5) is 11.8. The van der Waals surface area contributed by atoms with Crippen LogP contribution in [0.2, 0.25) is 0 Å². The normalized spacial score (nSPS) is 14.6. The lowest BCUT2D eigenvalue weighted by Crippen LogP contribution is -1.92. The van der Waals surface area contributed by atoms with Gasteiger partial charge in [-0.15, -0.1) is 0 Å². The predicted octanol–water partition coefficient (Wildman–Crippen LogP) is 3.46. The number of para-hydroxylation sites is 1. The number of Topliss-reactive ketones (excluding diaryl/α,β-unsaturated/α-hetero) is 1. The van der Waals surface area contributed by atoms with Crippen LogP contribution in [0, 0.1) is 0 Å². The topological polar surface area (TPSA) is 22.0 Å². The van der Waals surface area contributed by atoms with Gasteiger partial charge in [-0.25, -0.2) is 0 Å². The van der Waals surface area contributed by atoms with Gasteiger partial charge in [0.1, 0.15) is 0 Å². The lowest BCUT2D eigenvalue weighted by molar-refractivity contribution is 0.0994. The number of carbonyl (C=O) groups excluding carboxylic acids is 1. The second kappa shape index (κ2) is 3.22. The number of ketones is 1. The van der Waals surface area contributed by atoms with Gasteiger partial charge in [-0.2, -0.15) is 0 Å². The van der Waals surface area contributed by atoms with Crippen LogP contribution >= 0.6 is 0 Å². The molecule has 0 aliphatic heterocycles. The van der Waals surface area contributed by atoms with Gasteiger partial charge in [-0.3, -0.25) is 4.79 Å². The molecule has 1 aliphatic rings. The third-order valence-corrected chi connectivity index (χ3v) is 4.09. The van der Waals surface area contributed by atoms with Gasteiger partial charge in [0.2, 0.25) is 0 Å². The summed E-state index contributed by atoms with van der Waals surface area (Å²) < 4.78 is 2.22. The van der Waals surface area contributed by atoms with Crippen LogP contribution < -0.4 is 0 Å². The van der Waals surface area contributed by atoms with Crippen LogP contribution in [-0.2, 0) is 13.5 Å². The highest BCUT2D eigenvalue weighted by molar-refractivity contribution is 6.14. The molecule has 18 heavy (non-hydrogen) atoms. The second-order valence-electron chi connectivity index (χ2n) is 4.99. The number of aromatic nitrogens is 1. The van der Waals surface area contributed by atoms with Crippen LogP contribution in [0.15, 0.2) is 36.4 Å². The van der Waals surface area contributed by atoms with Crippen LogP contribution in [0.25, 0.3) is 21.8 Å². The van der Waals surface area contributed by atoms with Crippen molar-refractivity contribution in [3.05, 3.63) is 47.5 Å². The van der Waals surface area contributed by atoms with Crippen molar-refractivity contribution < 1.29 is 4.79 Å². The summed E-state index contributed by atoms with van der Waals surface area (Å²) in [6.45, 7) is 0. The fourth-order valence-corrected chi connectivity index (χ4v) is 3.22. The SMILES string of the molecule is Cn1c2ccccc2c2c3c(ccc21)C(=O)CC3. The highest BCUT2D eigenvalue weighted by atomic mass is 16.1. The van der Waals surface area contributed by atoms with Gasteiger partial charge >= 0.3 is 0 Å². The average Bonchev–Trinajstić information content (AvgIpc) is 2.91. The molecule has 0 spiro atoms. The molecular weight excluding hydrogens is 222 g/mol. The molecule has 0 saturated heterocycles. The van der Waals surface area contributed by atoms with Crippen molar-refractivity contribution >= 4 is 27.6 Å². The highest BCUT2D eigenvalue weighted by Crippen LogP contribution is 2.36. The maximum absolute atomic E-state index is 11.8. The van der Waals surface area contributed by atoms with Crippen molar-refractivity contribution in [1.29, 1.82) is 0 Å². The van der Waals surface area contributed by atoms with Crippen LogP contribution in [0.3, 0.4) is 0 Å². The van der Waals surface area contributed by atoms with Gasteiger partial charge in [0.25, 0.3) is 0 Å². The van der Waals surface area contributed by atoms with Crippen molar-refractivity contribution in [1.82, 2.24) is 4.57 Å². The Labute approximate surface area is 105 Å². The molecule has 0 radical (unpaired) electrons. The fourth-order valence-electron chi connectivity index (χ4n) is 3.22. The van der Waals surface area contributed by atoms with Gasteiger partial charge in [0, 0.05) is 40.8 Å². The van der Waals surface area contributed by atoms with E-state index in [1.54, 1.807) is 0 Å². The fraction of sp³-hybridized carbons (Fsp3) is 0.188. The van der Waals surface area contributed by atoms with E-state index in [9.17, 15) is 4.79 Å². The van der Waals surface area contributed by atoms with Gasteiger partial charge in [0.15, 0.2) is 5.78 Å². The maximum Gasteiger partial charge on any atom is 0.163 e. The quantitative estimate of drug-likeness (QED) is 0.585. The summed E-state index contributed by atoms with van der Waals surface area (Å²) in [5.41, 5.74) is 4.64. The molecule has 3 aromatic rings. The van der Waals surface area contributed by atoms with Crippen molar-refractivity contribution in [3.8, 4) is 0 Å². The minimum atomic E-state index is 0.292. The zero-order valence-corrected chi connectivity index (χ0v) is 10.2. The molecule has 4 rings (SSSR count). The molecule has 0 bridgehead atoms. The average molecular weight is 235 g/mol. The van der Waals surface area contributed by atoms with Crippen LogP contribution in [0.1, 0.15) is 22.3 Å². The summed E-state index contributed by atoms with van der Waals surface area (Å²) in [6, 6.07) is 12.5. The Morgan fingerprint density at radius 2 is 1.83 bits per heavy atom. The van der Waals surface area contributed by atoms with E-state index in [1.807, 2.05) is 6.07 Å². The molecule has 0 fully saturated rings. The van der Waals surface area contributed by atoms with Crippen molar-refractivity contribution in [2.24, 2.45) is 7.05 Å². The lowest BCUT2D eigenvalue weighted by Gasteiger charge is -2.01. The van der Waals surface area contributed by atoms with Crippen molar-refractivity contribution in [2.75, 3.05) is 0 Å². The summed E-state index contributed by atoms with van der Waals surface area (Å²) >= 11 is 0. The van der Waals surface area contributed by atoms with E-state index in [1.165, 1.54) is 27.4 Å². The number of rotatable bonds is 0. The van der Waals surface area contributed by atoms with E-state index in [4.69, 9.17) is 0 Å². The Morgan fingerprint density at radius 1 is 1.00 bits per heavy atom. The summed E-state index contributed by atoms with van der Waals surface area (Å²) in [5.74, 6) is 0.292. The Bertz CT molecular complexity index is 811. The molecule has 0 atom stereocenters. The number of nitrogens with zero attached hydrogens (tertiary/aromatic N) is 1. The van der Waals surface area contributed by atoms with E-state index >= 15 is 0 Å². The largest absolute Gasteiger partial charge is 0.344 e. The molecule has 0 amide bonds. The molecule has 2 heteroatoms. The minimum Gasteiger partial charge on any atom is -0.344 e. The first-order valence-corrected chi connectivity index (χ1v) is 6.29. The van der Waals surface area contributed by atoms with Gasteiger partial charge in [0.05, 0.1) is 0 Å².